The van der Waals surface area contributed by atoms with Crippen LogP contribution in [0.1, 0.15) is 30.1 Å². The predicted molar refractivity (Wildman–Crippen MR) is 80.5 cm³/mol. The summed E-state index contributed by atoms with van der Waals surface area (Å²) in [5.41, 5.74) is 0.359. The largest absolute Gasteiger partial charge is 0.494 e. The fraction of sp³-hybridized carbons (Fsp3) is 0.500. The van der Waals surface area contributed by atoms with E-state index in [1.54, 1.807) is 18.2 Å². The van der Waals surface area contributed by atoms with Crippen molar-refractivity contribution < 1.29 is 23.8 Å². The van der Waals surface area contributed by atoms with E-state index in [2.05, 4.69) is 5.32 Å². The normalized spacial score (nSPS) is 17.0. The van der Waals surface area contributed by atoms with Gasteiger partial charge in [0.2, 0.25) is 0 Å². The summed E-state index contributed by atoms with van der Waals surface area (Å²) in [6, 6.07) is 4.92. The van der Waals surface area contributed by atoms with Crippen molar-refractivity contribution in [2.24, 2.45) is 0 Å². The monoisotopic (exact) mass is 307 g/mol. The third kappa shape index (κ3) is 4.73. The predicted octanol–water partition coefficient (Wildman–Crippen LogP) is 1.57. The summed E-state index contributed by atoms with van der Waals surface area (Å²) in [6.45, 7) is 3.49. The van der Waals surface area contributed by atoms with Gasteiger partial charge in [-0.05, 0) is 38.0 Å². The van der Waals surface area contributed by atoms with E-state index in [-0.39, 0.29) is 18.6 Å². The fourth-order valence-corrected chi connectivity index (χ4v) is 2.23. The molecule has 1 atom stereocenters. The Hall–Kier alpha value is -2.08. The molecular formula is C16H21NO5. The first-order chi connectivity index (χ1) is 10.7. The molecule has 1 fully saturated rings. The van der Waals surface area contributed by atoms with Gasteiger partial charge < -0.3 is 19.5 Å². The van der Waals surface area contributed by atoms with E-state index in [1.807, 2.05) is 6.92 Å². The van der Waals surface area contributed by atoms with Crippen molar-refractivity contribution in [2.75, 3.05) is 26.4 Å². The zero-order chi connectivity index (χ0) is 15.8. The molecule has 1 heterocycles. The first-order valence-corrected chi connectivity index (χ1v) is 7.46. The maximum absolute atomic E-state index is 11.7. The van der Waals surface area contributed by atoms with Gasteiger partial charge in [-0.15, -0.1) is 0 Å². The zero-order valence-corrected chi connectivity index (χ0v) is 12.7. The zero-order valence-electron chi connectivity index (χ0n) is 12.7. The van der Waals surface area contributed by atoms with Crippen LogP contribution in [0, 0.1) is 0 Å². The second-order valence-corrected chi connectivity index (χ2v) is 4.98. The van der Waals surface area contributed by atoms with Crippen LogP contribution in [-0.2, 0) is 9.53 Å². The number of benzene rings is 1. The quantitative estimate of drug-likeness (QED) is 0.738. The number of ether oxygens (including phenoxy) is 3. The van der Waals surface area contributed by atoms with Crippen molar-refractivity contribution in [1.29, 1.82) is 0 Å². The molecule has 1 amide bonds. The summed E-state index contributed by atoms with van der Waals surface area (Å²) in [4.78, 5) is 22.8. The van der Waals surface area contributed by atoms with Crippen LogP contribution < -0.4 is 14.8 Å². The summed E-state index contributed by atoms with van der Waals surface area (Å²) in [6.07, 6.45) is 2.78. The summed E-state index contributed by atoms with van der Waals surface area (Å²) < 4.78 is 16.1. The molecule has 1 unspecified atom stereocenters. The lowest BCUT2D eigenvalue weighted by atomic mass is 10.2. The van der Waals surface area contributed by atoms with Gasteiger partial charge in [-0.25, -0.2) is 0 Å². The minimum absolute atomic E-state index is 0.0972. The van der Waals surface area contributed by atoms with Gasteiger partial charge in [0.15, 0.2) is 12.9 Å². The molecule has 120 valence electrons. The van der Waals surface area contributed by atoms with Gasteiger partial charge in [-0.3, -0.25) is 9.59 Å². The van der Waals surface area contributed by atoms with Crippen LogP contribution in [0.25, 0.3) is 0 Å². The lowest BCUT2D eigenvalue weighted by Gasteiger charge is -2.12. The van der Waals surface area contributed by atoms with E-state index in [0.29, 0.717) is 36.5 Å². The van der Waals surface area contributed by atoms with Crippen LogP contribution in [0.4, 0.5) is 0 Å². The van der Waals surface area contributed by atoms with E-state index in [0.717, 1.165) is 19.4 Å². The Balaban J connectivity index is 1.82. The second-order valence-electron chi connectivity index (χ2n) is 4.98. The average molecular weight is 307 g/mol. The van der Waals surface area contributed by atoms with Crippen LogP contribution in [0.5, 0.6) is 11.5 Å². The molecule has 1 saturated heterocycles. The number of amides is 1. The standard InChI is InChI=1S/C16H21NO5/c1-2-20-13-5-6-15(12(8-13)10-18)22-11-16(19)17-9-14-4-3-7-21-14/h5-6,8,10,14H,2-4,7,9,11H2,1H3,(H,17,19). The van der Waals surface area contributed by atoms with Crippen LogP contribution in [0.3, 0.4) is 0 Å². The number of aldehydes is 1. The second kappa shape index (κ2) is 8.38. The topological polar surface area (TPSA) is 73.9 Å². The van der Waals surface area contributed by atoms with Gasteiger partial charge in [0.25, 0.3) is 5.91 Å². The molecule has 0 aromatic heterocycles. The summed E-state index contributed by atoms with van der Waals surface area (Å²) in [7, 11) is 0. The number of hydrogen-bond donors (Lipinski definition) is 1. The molecule has 1 aromatic carbocycles. The van der Waals surface area contributed by atoms with Crippen LogP contribution in [-0.4, -0.2) is 44.7 Å². The minimum Gasteiger partial charge on any atom is -0.494 e. The third-order valence-corrected chi connectivity index (χ3v) is 3.33. The molecule has 1 aliphatic rings. The smallest absolute Gasteiger partial charge is 0.258 e. The molecule has 6 nitrogen and oxygen atoms in total. The molecule has 6 heteroatoms. The highest BCUT2D eigenvalue weighted by molar-refractivity contribution is 5.81. The fourth-order valence-electron chi connectivity index (χ4n) is 2.23. The SMILES string of the molecule is CCOc1ccc(OCC(=O)NCC2CCCO2)c(C=O)c1. The molecular weight excluding hydrogens is 286 g/mol. The molecule has 0 saturated carbocycles. The summed E-state index contributed by atoms with van der Waals surface area (Å²) in [5, 5.41) is 2.76. The van der Waals surface area contributed by atoms with Crippen molar-refractivity contribution in [3.05, 3.63) is 23.8 Å². The Kier molecular flexibility index (Phi) is 6.21. The molecule has 1 aliphatic heterocycles. The lowest BCUT2D eigenvalue weighted by molar-refractivity contribution is -0.123. The van der Waals surface area contributed by atoms with E-state index in [4.69, 9.17) is 14.2 Å². The number of nitrogens with one attached hydrogen (secondary N) is 1. The molecule has 22 heavy (non-hydrogen) atoms. The van der Waals surface area contributed by atoms with Crippen LogP contribution in [0.15, 0.2) is 18.2 Å². The Morgan fingerprint density at radius 1 is 1.45 bits per heavy atom. The van der Waals surface area contributed by atoms with Crippen molar-refractivity contribution in [3.8, 4) is 11.5 Å². The lowest BCUT2D eigenvalue weighted by Crippen LogP contribution is -2.35. The maximum Gasteiger partial charge on any atom is 0.258 e. The number of carbonyl (C=O) groups excluding carboxylic acids is 2. The number of hydrogen-bond acceptors (Lipinski definition) is 5. The van der Waals surface area contributed by atoms with Gasteiger partial charge in [-0.1, -0.05) is 0 Å². The van der Waals surface area contributed by atoms with Crippen LogP contribution >= 0.6 is 0 Å². The van der Waals surface area contributed by atoms with E-state index >= 15 is 0 Å². The Labute approximate surface area is 129 Å². The molecule has 2 rings (SSSR count). The molecule has 0 aliphatic carbocycles. The van der Waals surface area contributed by atoms with Crippen LogP contribution in [0.2, 0.25) is 0 Å². The Morgan fingerprint density at radius 2 is 2.32 bits per heavy atom. The summed E-state index contributed by atoms with van der Waals surface area (Å²) >= 11 is 0. The molecule has 1 N–H and O–H groups in total. The van der Waals surface area contributed by atoms with Gasteiger partial charge >= 0.3 is 0 Å². The summed E-state index contributed by atoms with van der Waals surface area (Å²) in [5.74, 6) is 0.728. The first-order valence-electron chi connectivity index (χ1n) is 7.46. The maximum atomic E-state index is 11.7. The molecule has 0 radical (unpaired) electrons. The highest BCUT2D eigenvalue weighted by atomic mass is 16.5. The van der Waals surface area contributed by atoms with E-state index in [1.165, 1.54) is 0 Å². The van der Waals surface area contributed by atoms with Gasteiger partial charge in [-0.2, -0.15) is 0 Å². The Bertz CT molecular complexity index is 511. The number of carbonyl (C=O) groups is 2. The highest BCUT2D eigenvalue weighted by Gasteiger charge is 2.16. The van der Waals surface area contributed by atoms with Crippen molar-refractivity contribution in [3.63, 3.8) is 0 Å². The molecule has 1 aromatic rings. The highest BCUT2D eigenvalue weighted by Crippen LogP contribution is 2.22. The van der Waals surface area contributed by atoms with Gasteiger partial charge in [0.1, 0.15) is 11.5 Å². The molecule has 0 spiro atoms. The van der Waals surface area contributed by atoms with Crippen molar-refractivity contribution in [1.82, 2.24) is 5.32 Å². The minimum atomic E-state index is -0.235. The van der Waals surface area contributed by atoms with Gasteiger partial charge in [0, 0.05) is 13.2 Å². The van der Waals surface area contributed by atoms with Crippen molar-refractivity contribution in [2.45, 2.75) is 25.9 Å². The molecule has 0 bridgehead atoms. The average Bonchev–Trinajstić information content (AvgIpc) is 3.05. The van der Waals surface area contributed by atoms with E-state index in [9.17, 15) is 9.59 Å². The van der Waals surface area contributed by atoms with Gasteiger partial charge in [0.05, 0.1) is 18.3 Å². The Morgan fingerprint density at radius 3 is 3.00 bits per heavy atom. The van der Waals surface area contributed by atoms with E-state index < -0.39 is 0 Å². The number of rotatable bonds is 8. The first kappa shape index (κ1) is 16.3. The van der Waals surface area contributed by atoms with Crippen molar-refractivity contribution >= 4 is 12.2 Å². The third-order valence-electron chi connectivity index (χ3n) is 3.33.